The summed E-state index contributed by atoms with van der Waals surface area (Å²) in [5, 5.41) is 2.34. The van der Waals surface area contributed by atoms with Gasteiger partial charge < -0.3 is 14.8 Å². The Bertz CT molecular complexity index is 536. The first-order chi connectivity index (χ1) is 10.4. The van der Waals surface area contributed by atoms with Crippen LogP contribution in [0, 0.1) is 0 Å². The van der Waals surface area contributed by atoms with Crippen molar-refractivity contribution in [3.63, 3.8) is 0 Å². The van der Waals surface area contributed by atoms with E-state index in [0.717, 1.165) is 30.7 Å². The summed E-state index contributed by atoms with van der Waals surface area (Å²) in [7, 11) is 0. The molecule has 120 valence electrons. The summed E-state index contributed by atoms with van der Waals surface area (Å²) < 4.78 is 47.0. The fraction of sp³-hybridized carbons (Fsp3) is 0.429. The first-order valence-corrected chi connectivity index (χ1v) is 6.61. The molecule has 0 radical (unpaired) electrons. The Balaban J connectivity index is 1.80. The lowest BCUT2D eigenvalue weighted by atomic mass is 10.2. The maximum atomic E-state index is 12.4. The van der Waals surface area contributed by atoms with E-state index in [4.69, 9.17) is 9.47 Å². The first kappa shape index (κ1) is 16.3. The van der Waals surface area contributed by atoms with Crippen LogP contribution in [0.15, 0.2) is 24.3 Å². The molecule has 0 bridgehead atoms. The van der Waals surface area contributed by atoms with Crippen molar-refractivity contribution >= 4 is 17.6 Å². The minimum absolute atomic E-state index is 0.186. The van der Waals surface area contributed by atoms with Crippen LogP contribution in [-0.4, -0.2) is 31.2 Å². The highest BCUT2D eigenvalue weighted by atomic mass is 19.4. The zero-order valence-electron chi connectivity index (χ0n) is 11.5. The number of rotatable bonds is 4. The molecule has 8 heteroatoms. The van der Waals surface area contributed by atoms with Gasteiger partial charge in [-0.3, -0.25) is 4.79 Å². The Morgan fingerprint density at radius 2 is 1.95 bits per heavy atom. The third-order valence-electron chi connectivity index (χ3n) is 3.03. The van der Waals surface area contributed by atoms with Crippen molar-refractivity contribution in [1.82, 2.24) is 0 Å². The summed E-state index contributed by atoms with van der Waals surface area (Å²) in [6, 6.07) is 3.97. The number of benzene rings is 1. The van der Waals surface area contributed by atoms with Crippen molar-refractivity contribution in [3.8, 4) is 0 Å². The second-order valence-electron chi connectivity index (χ2n) is 4.73. The van der Waals surface area contributed by atoms with Crippen LogP contribution in [0.5, 0.6) is 0 Å². The highest BCUT2D eigenvalue weighted by molar-refractivity contribution is 5.93. The van der Waals surface area contributed by atoms with E-state index in [-0.39, 0.29) is 5.69 Å². The van der Waals surface area contributed by atoms with E-state index in [1.807, 2.05) is 0 Å². The molecule has 1 aromatic carbocycles. The summed E-state index contributed by atoms with van der Waals surface area (Å²) >= 11 is 0. The topological polar surface area (TPSA) is 64.6 Å². The normalized spacial score (nSPS) is 18.0. The summed E-state index contributed by atoms with van der Waals surface area (Å²) in [4.78, 5) is 23.1. The monoisotopic (exact) mass is 317 g/mol. The molecular formula is C14H14F3NO4. The molecule has 1 amide bonds. The number of ether oxygens (including phenoxy) is 2. The van der Waals surface area contributed by atoms with Gasteiger partial charge in [0.1, 0.15) is 0 Å². The number of esters is 1. The number of hydrogen-bond acceptors (Lipinski definition) is 4. The molecule has 1 aromatic rings. The number of hydrogen-bond donors (Lipinski definition) is 1. The van der Waals surface area contributed by atoms with Gasteiger partial charge in [-0.05, 0) is 37.1 Å². The summed E-state index contributed by atoms with van der Waals surface area (Å²) in [6.07, 6.45) is -3.75. The smallest absolute Gasteiger partial charge is 0.416 e. The molecule has 5 nitrogen and oxygen atoms in total. The van der Waals surface area contributed by atoms with Gasteiger partial charge in [-0.25, -0.2) is 4.79 Å². The highest BCUT2D eigenvalue weighted by Gasteiger charge is 2.30. The number of carbonyl (C=O) groups excluding carboxylic acids is 2. The van der Waals surface area contributed by atoms with Crippen LogP contribution in [-0.2, 0) is 25.2 Å². The summed E-state index contributed by atoms with van der Waals surface area (Å²) in [5.74, 6) is -1.24. The van der Waals surface area contributed by atoms with Crippen LogP contribution in [0.1, 0.15) is 18.4 Å². The Morgan fingerprint density at radius 1 is 1.27 bits per heavy atom. The van der Waals surface area contributed by atoms with Crippen LogP contribution < -0.4 is 5.32 Å². The standard InChI is InChI=1S/C14H14F3NO4/c15-14(16,17)9-3-5-10(6-4-9)18-12(19)8-22-13(20)11-2-1-7-21-11/h3-6,11H,1-2,7-8H2,(H,18,19)/t11-/m1/s1. The largest absolute Gasteiger partial charge is 0.454 e. The Morgan fingerprint density at radius 3 is 2.50 bits per heavy atom. The van der Waals surface area contributed by atoms with Gasteiger partial charge in [0.2, 0.25) is 0 Å². The average molecular weight is 317 g/mol. The Kier molecular flexibility index (Phi) is 5.02. The molecule has 0 saturated carbocycles. The fourth-order valence-electron chi connectivity index (χ4n) is 1.93. The van der Waals surface area contributed by atoms with Crippen molar-refractivity contribution in [1.29, 1.82) is 0 Å². The molecule has 1 atom stereocenters. The Labute approximate surface area is 124 Å². The van der Waals surface area contributed by atoms with Crippen LogP contribution in [0.2, 0.25) is 0 Å². The Hall–Kier alpha value is -2.09. The number of halogens is 3. The second kappa shape index (κ2) is 6.78. The lowest BCUT2D eigenvalue weighted by molar-refractivity contribution is -0.156. The molecular weight excluding hydrogens is 303 g/mol. The predicted molar refractivity (Wildman–Crippen MR) is 70.0 cm³/mol. The number of amides is 1. The van der Waals surface area contributed by atoms with Crippen LogP contribution >= 0.6 is 0 Å². The maximum Gasteiger partial charge on any atom is 0.416 e. The minimum Gasteiger partial charge on any atom is -0.454 e. The van der Waals surface area contributed by atoms with E-state index in [1.165, 1.54) is 0 Å². The molecule has 1 saturated heterocycles. The van der Waals surface area contributed by atoms with Crippen LogP contribution in [0.25, 0.3) is 0 Å². The molecule has 0 aromatic heterocycles. The number of anilines is 1. The van der Waals surface area contributed by atoms with Gasteiger partial charge in [0.05, 0.1) is 5.56 Å². The van der Waals surface area contributed by atoms with E-state index in [2.05, 4.69) is 5.32 Å². The second-order valence-corrected chi connectivity index (χ2v) is 4.73. The van der Waals surface area contributed by atoms with E-state index >= 15 is 0 Å². The lowest BCUT2D eigenvalue weighted by Gasteiger charge is -2.11. The zero-order chi connectivity index (χ0) is 16.2. The van der Waals surface area contributed by atoms with Gasteiger partial charge in [-0.15, -0.1) is 0 Å². The number of carbonyl (C=O) groups is 2. The van der Waals surface area contributed by atoms with E-state index in [0.29, 0.717) is 13.0 Å². The predicted octanol–water partition coefficient (Wildman–Crippen LogP) is 2.37. The molecule has 1 fully saturated rings. The molecule has 22 heavy (non-hydrogen) atoms. The van der Waals surface area contributed by atoms with Crippen molar-refractivity contribution in [2.45, 2.75) is 25.1 Å². The van der Waals surface area contributed by atoms with Gasteiger partial charge >= 0.3 is 12.1 Å². The van der Waals surface area contributed by atoms with Gasteiger partial charge in [0.15, 0.2) is 12.7 Å². The fourth-order valence-corrected chi connectivity index (χ4v) is 1.93. The molecule has 2 rings (SSSR count). The van der Waals surface area contributed by atoms with Gasteiger partial charge in [-0.2, -0.15) is 13.2 Å². The third kappa shape index (κ3) is 4.45. The van der Waals surface area contributed by atoms with Crippen molar-refractivity contribution in [2.24, 2.45) is 0 Å². The molecule has 1 heterocycles. The van der Waals surface area contributed by atoms with Gasteiger partial charge in [-0.1, -0.05) is 0 Å². The van der Waals surface area contributed by atoms with E-state index in [1.54, 1.807) is 0 Å². The van der Waals surface area contributed by atoms with E-state index in [9.17, 15) is 22.8 Å². The molecule has 0 spiro atoms. The van der Waals surface area contributed by atoms with Crippen molar-refractivity contribution < 1.29 is 32.2 Å². The average Bonchev–Trinajstić information content (AvgIpc) is 2.98. The number of alkyl halides is 3. The number of nitrogens with one attached hydrogen (secondary N) is 1. The van der Waals surface area contributed by atoms with Gasteiger partial charge in [0.25, 0.3) is 5.91 Å². The third-order valence-corrected chi connectivity index (χ3v) is 3.03. The van der Waals surface area contributed by atoms with Crippen LogP contribution in [0.3, 0.4) is 0 Å². The molecule has 0 aliphatic carbocycles. The van der Waals surface area contributed by atoms with Gasteiger partial charge in [0, 0.05) is 12.3 Å². The lowest BCUT2D eigenvalue weighted by Crippen LogP contribution is -2.27. The quantitative estimate of drug-likeness (QED) is 0.866. The molecule has 1 N–H and O–H groups in total. The summed E-state index contributed by atoms with van der Waals surface area (Å²) in [5.41, 5.74) is -0.624. The van der Waals surface area contributed by atoms with Crippen molar-refractivity contribution in [2.75, 3.05) is 18.5 Å². The maximum absolute atomic E-state index is 12.4. The highest BCUT2D eigenvalue weighted by Crippen LogP contribution is 2.29. The molecule has 0 unspecified atom stereocenters. The first-order valence-electron chi connectivity index (χ1n) is 6.61. The van der Waals surface area contributed by atoms with E-state index < -0.39 is 36.3 Å². The molecule has 1 aliphatic heterocycles. The minimum atomic E-state index is -4.43. The SMILES string of the molecule is O=C(COC(=O)[C@H]1CCCO1)Nc1ccc(C(F)(F)F)cc1. The molecule has 1 aliphatic rings. The van der Waals surface area contributed by atoms with Crippen LogP contribution in [0.4, 0.5) is 18.9 Å². The zero-order valence-corrected chi connectivity index (χ0v) is 11.5. The van der Waals surface area contributed by atoms with Crippen molar-refractivity contribution in [3.05, 3.63) is 29.8 Å². The summed E-state index contributed by atoms with van der Waals surface area (Å²) in [6.45, 7) is -0.0305.